The number of furan rings is 1. The molecular weight excluding hydrogens is 572 g/mol. The first-order valence-corrected chi connectivity index (χ1v) is 15.9. The van der Waals surface area contributed by atoms with Gasteiger partial charge >= 0.3 is 0 Å². The van der Waals surface area contributed by atoms with E-state index in [0.29, 0.717) is 0 Å². The zero-order valence-electron chi connectivity index (χ0n) is 25.6. The molecule has 3 nitrogen and oxygen atoms in total. The lowest BCUT2D eigenvalue weighted by atomic mass is 10.1. The largest absolute Gasteiger partial charge is 0.456 e. The van der Waals surface area contributed by atoms with Crippen LogP contribution in [0.25, 0.3) is 43.5 Å². The van der Waals surface area contributed by atoms with Crippen molar-refractivity contribution in [2.45, 2.75) is 0 Å². The standard InChI is InChI=1S/C44H30N2O/c1-3-17-33(18-4-1)45(41-23-11-15-31-13-7-9-21-37(31)41)35-25-27-39-40-28-26-36(30-44(40)47-43(39)29-35)46(34-19-5-2-6-20-34)42-24-12-16-32-14-8-10-22-38(32)42/h1-30H. The zero-order chi connectivity index (χ0) is 31.2. The van der Waals surface area contributed by atoms with Gasteiger partial charge in [-0.05, 0) is 71.4 Å². The van der Waals surface area contributed by atoms with Gasteiger partial charge in [-0.2, -0.15) is 0 Å². The smallest absolute Gasteiger partial charge is 0.137 e. The molecule has 47 heavy (non-hydrogen) atoms. The summed E-state index contributed by atoms with van der Waals surface area (Å²) >= 11 is 0. The highest BCUT2D eigenvalue weighted by molar-refractivity contribution is 6.08. The van der Waals surface area contributed by atoms with E-state index in [1.165, 1.54) is 21.5 Å². The van der Waals surface area contributed by atoms with Gasteiger partial charge in [0.1, 0.15) is 11.2 Å². The summed E-state index contributed by atoms with van der Waals surface area (Å²) in [6.07, 6.45) is 0. The Bertz CT molecular complexity index is 2350. The Morgan fingerprint density at radius 2 is 0.702 bits per heavy atom. The van der Waals surface area contributed by atoms with Crippen LogP contribution in [0.2, 0.25) is 0 Å². The van der Waals surface area contributed by atoms with E-state index in [4.69, 9.17) is 4.42 Å². The first-order valence-electron chi connectivity index (χ1n) is 15.9. The van der Waals surface area contributed by atoms with E-state index in [0.717, 1.165) is 56.1 Å². The fourth-order valence-electron chi connectivity index (χ4n) is 6.85. The summed E-state index contributed by atoms with van der Waals surface area (Å²) in [5.41, 5.74) is 8.23. The van der Waals surface area contributed by atoms with Crippen LogP contribution in [0.5, 0.6) is 0 Å². The highest BCUT2D eigenvalue weighted by atomic mass is 16.3. The zero-order valence-corrected chi connectivity index (χ0v) is 25.6. The van der Waals surface area contributed by atoms with Crippen molar-refractivity contribution in [1.29, 1.82) is 0 Å². The Hall–Kier alpha value is -6.32. The fraction of sp³-hybridized carbons (Fsp3) is 0. The maximum atomic E-state index is 6.70. The summed E-state index contributed by atoms with van der Waals surface area (Å²) in [5, 5.41) is 7.00. The molecule has 1 heterocycles. The molecule has 0 atom stereocenters. The Morgan fingerprint density at radius 1 is 0.298 bits per heavy atom. The van der Waals surface area contributed by atoms with Gasteiger partial charge in [-0.1, -0.05) is 109 Å². The van der Waals surface area contributed by atoms with E-state index in [2.05, 4.69) is 192 Å². The number of rotatable bonds is 6. The third-order valence-electron chi connectivity index (χ3n) is 9.00. The first-order chi connectivity index (χ1) is 23.3. The minimum atomic E-state index is 0.854. The maximum Gasteiger partial charge on any atom is 0.137 e. The third-order valence-corrected chi connectivity index (χ3v) is 9.00. The molecule has 0 aliphatic rings. The van der Waals surface area contributed by atoms with Crippen LogP contribution < -0.4 is 9.80 Å². The topological polar surface area (TPSA) is 19.6 Å². The van der Waals surface area contributed by atoms with E-state index >= 15 is 0 Å². The molecule has 0 unspecified atom stereocenters. The van der Waals surface area contributed by atoms with Crippen molar-refractivity contribution < 1.29 is 4.42 Å². The molecule has 0 N–H and O–H groups in total. The number of para-hydroxylation sites is 2. The molecule has 0 spiro atoms. The highest BCUT2D eigenvalue weighted by Crippen LogP contribution is 2.43. The van der Waals surface area contributed by atoms with Crippen LogP contribution in [-0.2, 0) is 0 Å². The lowest BCUT2D eigenvalue weighted by Crippen LogP contribution is -2.10. The Labute approximate surface area is 273 Å². The molecule has 222 valence electrons. The molecule has 0 amide bonds. The third kappa shape index (κ3) is 4.68. The maximum absolute atomic E-state index is 6.70. The van der Waals surface area contributed by atoms with Crippen molar-refractivity contribution >= 4 is 77.6 Å². The SMILES string of the molecule is c1ccc(N(c2ccc3c(c2)oc2cc(N(c4ccccc4)c4cccc5ccccc45)ccc23)c2cccc3ccccc23)cc1. The quantitative estimate of drug-likeness (QED) is 0.189. The van der Waals surface area contributed by atoms with Gasteiger partial charge in [-0.25, -0.2) is 0 Å². The number of hydrogen-bond acceptors (Lipinski definition) is 3. The first kappa shape index (κ1) is 27.0. The molecule has 9 rings (SSSR count). The van der Waals surface area contributed by atoms with Crippen molar-refractivity contribution in [3.05, 3.63) is 182 Å². The summed E-state index contributed by atoms with van der Waals surface area (Å²) < 4.78 is 6.70. The second kappa shape index (κ2) is 11.2. The van der Waals surface area contributed by atoms with Crippen molar-refractivity contribution in [2.75, 3.05) is 9.80 Å². The molecule has 1 aromatic heterocycles. The molecule has 9 aromatic rings. The minimum absolute atomic E-state index is 0.854. The molecule has 0 bridgehead atoms. The second-order valence-electron chi connectivity index (χ2n) is 11.8. The number of fused-ring (bicyclic) bond motifs is 5. The number of nitrogens with zero attached hydrogens (tertiary/aromatic N) is 2. The molecule has 0 fully saturated rings. The lowest BCUT2D eigenvalue weighted by molar-refractivity contribution is 0.669. The van der Waals surface area contributed by atoms with Crippen LogP contribution in [0.3, 0.4) is 0 Å². The van der Waals surface area contributed by atoms with Gasteiger partial charge in [0.25, 0.3) is 0 Å². The summed E-state index contributed by atoms with van der Waals surface area (Å²) in [7, 11) is 0. The summed E-state index contributed by atoms with van der Waals surface area (Å²) in [4.78, 5) is 4.64. The van der Waals surface area contributed by atoms with E-state index in [1.54, 1.807) is 0 Å². The number of anilines is 6. The van der Waals surface area contributed by atoms with Crippen LogP contribution >= 0.6 is 0 Å². The summed E-state index contributed by atoms with van der Waals surface area (Å²) in [6, 6.07) is 64.3. The van der Waals surface area contributed by atoms with Crippen LogP contribution in [-0.4, -0.2) is 0 Å². The Morgan fingerprint density at radius 3 is 1.17 bits per heavy atom. The van der Waals surface area contributed by atoms with Gasteiger partial charge in [-0.3, -0.25) is 0 Å². The van der Waals surface area contributed by atoms with Crippen molar-refractivity contribution in [3.63, 3.8) is 0 Å². The average molecular weight is 603 g/mol. The van der Waals surface area contributed by atoms with E-state index in [9.17, 15) is 0 Å². The van der Waals surface area contributed by atoms with Gasteiger partial charge in [-0.15, -0.1) is 0 Å². The molecular formula is C44H30N2O. The predicted octanol–water partition coefficient (Wildman–Crippen LogP) is 12.8. The second-order valence-corrected chi connectivity index (χ2v) is 11.8. The minimum Gasteiger partial charge on any atom is -0.456 e. The average Bonchev–Trinajstić information content (AvgIpc) is 3.50. The predicted molar refractivity (Wildman–Crippen MR) is 198 cm³/mol. The summed E-state index contributed by atoms with van der Waals surface area (Å²) in [6.45, 7) is 0. The van der Waals surface area contributed by atoms with Gasteiger partial charge < -0.3 is 14.2 Å². The molecule has 0 saturated carbocycles. The van der Waals surface area contributed by atoms with Crippen molar-refractivity contribution in [3.8, 4) is 0 Å². The molecule has 3 heteroatoms. The van der Waals surface area contributed by atoms with E-state index < -0.39 is 0 Å². The normalized spacial score (nSPS) is 11.4. The Balaban J connectivity index is 1.20. The van der Waals surface area contributed by atoms with Gasteiger partial charge in [0.2, 0.25) is 0 Å². The van der Waals surface area contributed by atoms with E-state index in [1.807, 2.05) is 0 Å². The van der Waals surface area contributed by atoms with Gasteiger partial charge in [0.05, 0.1) is 11.4 Å². The molecule has 0 aliphatic heterocycles. The van der Waals surface area contributed by atoms with Crippen LogP contribution in [0.1, 0.15) is 0 Å². The van der Waals surface area contributed by atoms with Crippen LogP contribution in [0, 0.1) is 0 Å². The van der Waals surface area contributed by atoms with Crippen molar-refractivity contribution in [1.82, 2.24) is 0 Å². The monoisotopic (exact) mass is 602 g/mol. The molecule has 0 aliphatic carbocycles. The number of hydrogen-bond donors (Lipinski definition) is 0. The van der Waals surface area contributed by atoms with Crippen LogP contribution in [0.4, 0.5) is 34.1 Å². The van der Waals surface area contributed by atoms with Crippen molar-refractivity contribution in [2.24, 2.45) is 0 Å². The van der Waals surface area contributed by atoms with Gasteiger partial charge in [0, 0.05) is 56.4 Å². The van der Waals surface area contributed by atoms with Gasteiger partial charge in [0.15, 0.2) is 0 Å². The molecule has 0 radical (unpaired) electrons. The van der Waals surface area contributed by atoms with E-state index in [-0.39, 0.29) is 0 Å². The Kier molecular flexibility index (Phi) is 6.46. The molecule has 0 saturated heterocycles. The van der Waals surface area contributed by atoms with Crippen LogP contribution in [0.15, 0.2) is 186 Å². The fourth-order valence-corrected chi connectivity index (χ4v) is 6.85. The lowest BCUT2D eigenvalue weighted by Gasteiger charge is -2.26. The number of benzene rings is 8. The highest BCUT2D eigenvalue weighted by Gasteiger charge is 2.19. The molecule has 8 aromatic carbocycles. The summed E-state index contributed by atoms with van der Waals surface area (Å²) in [5.74, 6) is 0.